The molecule has 7 nitrogen and oxygen atoms in total. The topological polar surface area (TPSA) is 85.1 Å². The van der Waals surface area contributed by atoms with E-state index in [-0.39, 0.29) is 24.7 Å². The third-order valence-corrected chi connectivity index (χ3v) is 7.13. The predicted molar refractivity (Wildman–Crippen MR) is 138 cm³/mol. The second-order valence-electron chi connectivity index (χ2n) is 7.90. The predicted octanol–water partition coefficient (Wildman–Crippen LogP) is 5.65. The van der Waals surface area contributed by atoms with E-state index in [0.29, 0.717) is 16.5 Å². The maximum atomic E-state index is 12.9. The SMILES string of the molecule is Cc1sc2c(c1C)C(c1ccc(Cl)cc1)=N[C@@H](CC(=O)Nc1cccnc1)c1nnc(C)n1-2.Cl. The summed E-state index contributed by atoms with van der Waals surface area (Å²) in [6, 6.07) is 10.7. The molecule has 1 aromatic carbocycles. The number of benzene rings is 1. The molecule has 4 aromatic rings. The minimum atomic E-state index is -0.507. The van der Waals surface area contributed by atoms with Gasteiger partial charge < -0.3 is 5.32 Å². The quantitative estimate of drug-likeness (QED) is 0.383. The number of rotatable bonds is 4. The van der Waals surface area contributed by atoms with Gasteiger partial charge in [-0.05, 0) is 50.6 Å². The Morgan fingerprint density at radius 3 is 2.62 bits per heavy atom. The van der Waals surface area contributed by atoms with Crippen LogP contribution in [0.4, 0.5) is 5.69 Å². The molecule has 0 spiro atoms. The molecule has 1 aliphatic rings. The molecule has 0 saturated carbocycles. The zero-order valence-electron chi connectivity index (χ0n) is 18.7. The fourth-order valence-electron chi connectivity index (χ4n) is 3.96. The number of anilines is 1. The van der Waals surface area contributed by atoms with Gasteiger partial charge in [-0.15, -0.1) is 33.9 Å². The number of aryl methyl sites for hydroxylation is 2. The van der Waals surface area contributed by atoms with E-state index in [1.807, 2.05) is 35.8 Å². The number of pyridine rings is 1. The summed E-state index contributed by atoms with van der Waals surface area (Å²) >= 11 is 7.84. The lowest BCUT2D eigenvalue weighted by Gasteiger charge is -2.13. The highest BCUT2D eigenvalue weighted by Gasteiger charge is 2.32. The first-order chi connectivity index (χ1) is 15.9. The minimum Gasteiger partial charge on any atom is -0.325 e. The van der Waals surface area contributed by atoms with E-state index >= 15 is 0 Å². The average Bonchev–Trinajstić information content (AvgIpc) is 3.27. The van der Waals surface area contributed by atoms with E-state index in [2.05, 4.69) is 34.3 Å². The van der Waals surface area contributed by atoms with Gasteiger partial charge in [0, 0.05) is 27.2 Å². The van der Waals surface area contributed by atoms with Crippen LogP contribution in [-0.2, 0) is 4.79 Å². The summed E-state index contributed by atoms with van der Waals surface area (Å²) in [7, 11) is 0. The van der Waals surface area contributed by atoms with E-state index in [9.17, 15) is 4.79 Å². The van der Waals surface area contributed by atoms with E-state index < -0.39 is 6.04 Å². The van der Waals surface area contributed by atoms with Crippen molar-refractivity contribution in [2.24, 2.45) is 4.99 Å². The van der Waals surface area contributed by atoms with E-state index in [0.717, 1.165) is 33.2 Å². The van der Waals surface area contributed by atoms with Crippen LogP contribution >= 0.6 is 35.3 Å². The zero-order chi connectivity index (χ0) is 23.1. The number of aliphatic imine (C=N–C) groups is 1. The van der Waals surface area contributed by atoms with E-state index in [1.165, 1.54) is 4.88 Å². The third kappa shape index (κ3) is 4.36. The number of halogens is 2. The van der Waals surface area contributed by atoms with Gasteiger partial charge in [0.1, 0.15) is 16.9 Å². The van der Waals surface area contributed by atoms with Crippen LogP contribution in [0.15, 0.2) is 53.8 Å². The highest BCUT2D eigenvalue weighted by molar-refractivity contribution is 7.15. The number of aromatic nitrogens is 4. The molecule has 1 aliphatic heterocycles. The van der Waals surface area contributed by atoms with Gasteiger partial charge in [-0.3, -0.25) is 19.3 Å². The van der Waals surface area contributed by atoms with Gasteiger partial charge in [-0.2, -0.15) is 0 Å². The van der Waals surface area contributed by atoms with Crippen molar-refractivity contribution in [2.75, 3.05) is 5.32 Å². The molecule has 1 amide bonds. The molecular formula is C24H22Cl2N6OS. The van der Waals surface area contributed by atoms with Crippen LogP contribution in [0.3, 0.4) is 0 Å². The molecule has 1 N–H and O–H groups in total. The van der Waals surface area contributed by atoms with Crippen molar-refractivity contribution in [3.8, 4) is 5.00 Å². The molecule has 174 valence electrons. The van der Waals surface area contributed by atoms with Gasteiger partial charge in [-0.25, -0.2) is 0 Å². The lowest BCUT2D eigenvalue weighted by molar-refractivity contribution is -0.116. The van der Waals surface area contributed by atoms with Gasteiger partial charge in [-0.1, -0.05) is 23.7 Å². The number of fused-ring (bicyclic) bond motifs is 3. The Kier molecular flexibility index (Phi) is 6.84. The van der Waals surface area contributed by atoms with Gasteiger partial charge in [0.15, 0.2) is 5.82 Å². The molecule has 4 heterocycles. The Balaban J connectivity index is 0.00000274. The second kappa shape index (κ2) is 9.66. The Bertz CT molecular complexity index is 1380. The van der Waals surface area contributed by atoms with Crippen LogP contribution in [0.5, 0.6) is 0 Å². The Hall–Kier alpha value is -3.07. The lowest BCUT2D eigenvalue weighted by Crippen LogP contribution is -2.17. The van der Waals surface area contributed by atoms with Crippen molar-refractivity contribution in [3.63, 3.8) is 0 Å². The highest BCUT2D eigenvalue weighted by Crippen LogP contribution is 2.39. The summed E-state index contributed by atoms with van der Waals surface area (Å²) in [5, 5.41) is 13.3. The molecular weight excluding hydrogens is 491 g/mol. The number of thiophene rings is 1. The number of carbonyl (C=O) groups is 1. The molecule has 0 bridgehead atoms. The summed E-state index contributed by atoms with van der Waals surface area (Å²) in [5.41, 5.74) is 4.60. The largest absolute Gasteiger partial charge is 0.325 e. The zero-order valence-corrected chi connectivity index (χ0v) is 21.1. The summed E-state index contributed by atoms with van der Waals surface area (Å²) in [5.74, 6) is 1.25. The highest BCUT2D eigenvalue weighted by atomic mass is 35.5. The standard InChI is InChI=1S/C24H21ClN6OS.ClH/c1-13-14(2)33-24-21(13)22(16-6-8-17(25)9-7-16)28-19(23-30-29-15(3)31(23)24)11-20(32)27-18-5-4-10-26-12-18;/h4-10,12,19H,11H2,1-3H3,(H,27,32);1H/t19-;/m0./s1. The van der Waals surface area contributed by atoms with Crippen LogP contribution in [0.25, 0.3) is 5.00 Å². The Morgan fingerprint density at radius 1 is 1.15 bits per heavy atom. The molecule has 0 radical (unpaired) electrons. The number of carbonyl (C=O) groups excluding carboxylic acids is 1. The van der Waals surface area contributed by atoms with E-state index in [1.54, 1.807) is 35.9 Å². The molecule has 3 aromatic heterocycles. The second-order valence-corrected chi connectivity index (χ2v) is 9.54. The maximum absolute atomic E-state index is 12.9. The summed E-state index contributed by atoms with van der Waals surface area (Å²) in [6.45, 7) is 6.13. The number of hydrogen-bond acceptors (Lipinski definition) is 6. The number of amides is 1. The van der Waals surface area contributed by atoms with Crippen molar-refractivity contribution in [1.82, 2.24) is 19.7 Å². The number of nitrogens with one attached hydrogen (secondary N) is 1. The van der Waals surface area contributed by atoms with Crippen LogP contribution in [0.2, 0.25) is 5.02 Å². The third-order valence-electron chi connectivity index (χ3n) is 5.68. The normalized spacial score (nSPS) is 14.4. The van der Waals surface area contributed by atoms with Crippen LogP contribution in [0, 0.1) is 20.8 Å². The van der Waals surface area contributed by atoms with Gasteiger partial charge in [0.05, 0.1) is 24.0 Å². The summed E-state index contributed by atoms with van der Waals surface area (Å²) in [4.78, 5) is 23.3. The van der Waals surface area contributed by atoms with Crippen molar-refractivity contribution in [3.05, 3.63) is 87.0 Å². The van der Waals surface area contributed by atoms with Gasteiger partial charge in [0.2, 0.25) is 5.91 Å². The van der Waals surface area contributed by atoms with Crippen LogP contribution in [0.1, 0.15) is 45.7 Å². The van der Waals surface area contributed by atoms with Crippen molar-refractivity contribution in [2.45, 2.75) is 33.2 Å². The summed E-state index contributed by atoms with van der Waals surface area (Å²) < 4.78 is 2.04. The fraction of sp³-hybridized carbons (Fsp3) is 0.208. The Labute approximate surface area is 212 Å². The summed E-state index contributed by atoms with van der Waals surface area (Å²) in [6.07, 6.45) is 3.40. The molecule has 0 saturated heterocycles. The number of nitrogens with zero attached hydrogens (tertiary/aromatic N) is 5. The molecule has 0 aliphatic carbocycles. The van der Waals surface area contributed by atoms with Crippen molar-refractivity contribution < 1.29 is 4.79 Å². The molecule has 1 atom stereocenters. The Morgan fingerprint density at radius 2 is 1.91 bits per heavy atom. The first kappa shape index (κ1) is 24.1. The lowest BCUT2D eigenvalue weighted by atomic mass is 9.99. The van der Waals surface area contributed by atoms with Gasteiger partial charge in [0.25, 0.3) is 0 Å². The first-order valence-corrected chi connectivity index (χ1v) is 11.7. The monoisotopic (exact) mass is 512 g/mol. The maximum Gasteiger partial charge on any atom is 0.227 e. The molecule has 0 fully saturated rings. The van der Waals surface area contributed by atoms with Crippen molar-refractivity contribution >= 4 is 52.7 Å². The molecule has 5 rings (SSSR count). The average molecular weight is 513 g/mol. The van der Waals surface area contributed by atoms with Gasteiger partial charge >= 0.3 is 0 Å². The smallest absolute Gasteiger partial charge is 0.227 e. The fourth-order valence-corrected chi connectivity index (χ4v) is 5.30. The molecule has 0 unspecified atom stereocenters. The van der Waals surface area contributed by atoms with Crippen LogP contribution < -0.4 is 5.32 Å². The number of hydrogen-bond donors (Lipinski definition) is 1. The molecule has 10 heteroatoms. The first-order valence-electron chi connectivity index (χ1n) is 10.5. The van der Waals surface area contributed by atoms with E-state index in [4.69, 9.17) is 16.6 Å². The van der Waals surface area contributed by atoms with Crippen molar-refractivity contribution in [1.29, 1.82) is 0 Å². The molecule has 34 heavy (non-hydrogen) atoms. The van der Waals surface area contributed by atoms with Crippen LogP contribution in [-0.4, -0.2) is 31.4 Å². The minimum absolute atomic E-state index is 0.